The number of sulfonamides is 1. The SMILES string of the molecule is CC(NS(=O)(=O)c1ccn[nH]1)c1cccc(C#CCO)c1. The average Bonchev–Trinajstić information content (AvgIpc) is 3.00. The van der Waals surface area contributed by atoms with Gasteiger partial charge in [0, 0.05) is 11.6 Å². The number of nitrogens with one attached hydrogen (secondary N) is 2. The topological polar surface area (TPSA) is 95.1 Å². The van der Waals surface area contributed by atoms with E-state index in [2.05, 4.69) is 26.8 Å². The number of rotatable bonds is 4. The summed E-state index contributed by atoms with van der Waals surface area (Å²) in [7, 11) is -3.64. The second-order valence-corrected chi connectivity index (χ2v) is 6.03. The Kier molecular flexibility index (Phi) is 4.75. The van der Waals surface area contributed by atoms with Gasteiger partial charge < -0.3 is 5.11 Å². The van der Waals surface area contributed by atoms with Crippen molar-refractivity contribution in [2.24, 2.45) is 0 Å². The molecule has 1 atom stereocenters. The zero-order chi connectivity index (χ0) is 15.3. The smallest absolute Gasteiger partial charge is 0.258 e. The van der Waals surface area contributed by atoms with E-state index in [1.54, 1.807) is 25.1 Å². The minimum absolute atomic E-state index is 0.0191. The van der Waals surface area contributed by atoms with Gasteiger partial charge in [0.05, 0.1) is 6.20 Å². The predicted molar refractivity (Wildman–Crippen MR) is 77.7 cm³/mol. The van der Waals surface area contributed by atoms with Crippen molar-refractivity contribution in [2.45, 2.75) is 18.0 Å². The van der Waals surface area contributed by atoms with Crippen LogP contribution >= 0.6 is 0 Å². The molecule has 6 nitrogen and oxygen atoms in total. The first-order valence-electron chi connectivity index (χ1n) is 6.24. The molecule has 2 rings (SSSR count). The Morgan fingerprint density at radius 1 is 1.43 bits per heavy atom. The molecule has 2 aromatic rings. The van der Waals surface area contributed by atoms with E-state index < -0.39 is 16.1 Å². The van der Waals surface area contributed by atoms with Gasteiger partial charge in [-0.15, -0.1) is 0 Å². The summed E-state index contributed by atoms with van der Waals surface area (Å²) < 4.78 is 26.7. The van der Waals surface area contributed by atoms with Gasteiger partial charge in [0.2, 0.25) is 0 Å². The third-order valence-corrected chi connectivity index (χ3v) is 4.27. The highest BCUT2D eigenvalue weighted by Crippen LogP contribution is 2.16. The van der Waals surface area contributed by atoms with E-state index in [-0.39, 0.29) is 11.6 Å². The molecule has 0 fully saturated rings. The van der Waals surface area contributed by atoms with E-state index in [4.69, 9.17) is 5.11 Å². The van der Waals surface area contributed by atoms with Gasteiger partial charge in [-0.1, -0.05) is 24.0 Å². The van der Waals surface area contributed by atoms with Gasteiger partial charge in [-0.25, -0.2) is 13.1 Å². The number of hydrogen-bond acceptors (Lipinski definition) is 4. The fraction of sp³-hybridized carbons (Fsp3) is 0.214. The summed E-state index contributed by atoms with van der Waals surface area (Å²) in [4.78, 5) is 0. The van der Waals surface area contributed by atoms with Gasteiger partial charge in [-0.3, -0.25) is 5.10 Å². The molecule has 0 saturated carbocycles. The van der Waals surface area contributed by atoms with Crippen LogP contribution in [-0.4, -0.2) is 30.3 Å². The van der Waals surface area contributed by atoms with Crippen LogP contribution in [0.2, 0.25) is 0 Å². The lowest BCUT2D eigenvalue weighted by Crippen LogP contribution is -2.27. The number of aliphatic hydroxyl groups excluding tert-OH is 1. The van der Waals surface area contributed by atoms with Crippen molar-refractivity contribution in [2.75, 3.05) is 6.61 Å². The largest absolute Gasteiger partial charge is 0.384 e. The Balaban J connectivity index is 2.19. The quantitative estimate of drug-likeness (QED) is 0.728. The van der Waals surface area contributed by atoms with Crippen LogP contribution in [0.4, 0.5) is 0 Å². The predicted octanol–water partition coefficient (Wildman–Crippen LogP) is 0.793. The highest BCUT2D eigenvalue weighted by molar-refractivity contribution is 7.89. The Morgan fingerprint density at radius 3 is 2.90 bits per heavy atom. The van der Waals surface area contributed by atoms with Gasteiger partial charge in [-0.2, -0.15) is 5.10 Å². The number of nitrogens with zero attached hydrogens (tertiary/aromatic N) is 1. The molecule has 0 amide bonds. The molecule has 1 heterocycles. The molecule has 0 saturated heterocycles. The van der Waals surface area contributed by atoms with Crippen molar-refractivity contribution in [1.29, 1.82) is 0 Å². The van der Waals surface area contributed by atoms with E-state index in [0.29, 0.717) is 5.56 Å². The summed E-state index contributed by atoms with van der Waals surface area (Å²) in [5.74, 6) is 5.34. The molecule has 0 bridgehead atoms. The number of aromatic amines is 1. The monoisotopic (exact) mass is 305 g/mol. The Bertz CT molecular complexity index is 758. The van der Waals surface area contributed by atoms with E-state index in [9.17, 15) is 8.42 Å². The minimum Gasteiger partial charge on any atom is -0.384 e. The second-order valence-electron chi connectivity index (χ2n) is 4.35. The third-order valence-electron chi connectivity index (χ3n) is 2.80. The summed E-state index contributed by atoms with van der Waals surface area (Å²) in [6, 6.07) is 8.14. The zero-order valence-corrected chi connectivity index (χ0v) is 12.2. The molecule has 1 aromatic carbocycles. The lowest BCUT2D eigenvalue weighted by molar-refractivity contribution is 0.350. The van der Waals surface area contributed by atoms with E-state index in [1.165, 1.54) is 12.3 Å². The van der Waals surface area contributed by atoms with Crippen LogP contribution in [0.5, 0.6) is 0 Å². The summed E-state index contributed by atoms with van der Waals surface area (Å²) in [6.45, 7) is 1.53. The summed E-state index contributed by atoms with van der Waals surface area (Å²) >= 11 is 0. The maximum Gasteiger partial charge on any atom is 0.258 e. The van der Waals surface area contributed by atoms with Gasteiger partial charge >= 0.3 is 0 Å². The molecule has 1 aromatic heterocycles. The zero-order valence-electron chi connectivity index (χ0n) is 11.4. The summed E-state index contributed by atoms with van der Waals surface area (Å²) in [6.07, 6.45) is 1.38. The van der Waals surface area contributed by atoms with Crippen LogP contribution in [0.25, 0.3) is 0 Å². The highest BCUT2D eigenvalue weighted by Gasteiger charge is 2.19. The maximum atomic E-state index is 12.1. The molecule has 21 heavy (non-hydrogen) atoms. The van der Waals surface area contributed by atoms with Gasteiger partial charge in [-0.05, 0) is 30.7 Å². The van der Waals surface area contributed by atoms with Crippen molar-refractivity contribution in [1.82, 2.24) is 14.9 Å². The number of aromatic nitrogens is 2. The van der Waals surface area contributed by atoms with E-state index in [0.717, 1.165) is 5.56 Å². The molecule has 0 aliphatic heterocycles. The van der Waals surface area contributed by atoms with Crippen LogP contribution in [0.15, 0.2) is 41.6 Å². The first kappa shape index (κ1) is 15.3. The summed E-state index contributed by atoms with van der Waals surface area (Å²) in [5.41, 5.74) is 1.50. The van der Waals surface area contributed by atoms with Crippen LogP contribution in [0, 0.1) is 11.8 Å². The lowest BCUT2D eigenvalue weighted by Gasteiger charge is -2.14. The summed E-state index contributed by atoms with van der Waals surface area (Å²) in [5, 5.41) is 14.8. The maximum absolute atomic E-state index is 12.1. The lowest BCUT2D eigenvalue weighted by atomic mass is 10.1. The molecule has 0 aliphatic carbocycles. The Morgan fingerprint density at radius 2 is 2.24 bits per heavy atom. The van der Waals surface area contributed by atoms with Crippen molar-refractivity contribution < 1.29 is 13.5 Å². The standard InChI is InChI=1S/C14H15N3O3S/c1-11(17-21(19,20)14-7-8-15-16-14)13-6-2-4-12(10-13)5-3-9-18/h2,4,6-8,10-11,17-18H,9H2,1H3,(H,15,16). The third kappa shape index (κ3) is 3.92. The van der Waals surface area contributed by atoms with Crippen LogP contribution in [0.3, 0.4) is 0 Å². The van der Waals surface area contributed by atoms with Crippen molar-refractivity contribution >= 4 is 10.0 Å². The highest BCUT2D eigenvalue weighted by atomic mass is 32.2. The molecule has 110 valence electrons. The molecule has 0 radical (unpaired) electrons. The van der Waals surface area contributed by atoms with Crippen molar-refractivity contribution in [3.8, 4) is 11.8 Å². The average molecular weight is 305 g/mol. The van der Waals surface area contributed by atoms with E-state index in [1.807, 2.05) is 6.07 Å². The minimum atomic E-state index is -3.64. The Labute approximate surface area is 123 Å². The normalized spacial score (nSPS) is 12.5. The molecule has 3 N–H and O–H groups in total. The molecular formula is C14H15N3O3S. The molecular weight excluding hydrogens is 290 g/mol. The fourth-order valence-electron chi connectivity index (χ4n) is 1.78. The van der Waals surface area contributed by atoms with Crippen LogP contribution in [0.1, 0.15) is 24.1 Å². The molecule has 0 spiro atoms. The fourth-order valence-corrected chi connectivity index (χ4v) is 2.93. The number of aliphatic hydroxyl groups is 1. The second kappa shape index (κ2) is 6.54. The van der Waals surface area contributed by atoms with E-state index >= 15 is 0 Å². The molecule has 1 unspecified atom stereocenters. The molecule has 0 aliphatic rings. The van der Waals surface area contributed by atoms with Crippen LogP contribution in [-0.2, 0) is 10.0 Å². The Hall–Kier alpha value is -2.14. The van der Waals surface area contributed by atoms with Crippen molar-refractivity contribution in [3.63, 3.8) is 0 Å². The van der Waals surface area contributed by atoms with Gasteiger partial charge in [0.25, 0.3) is 10.0 Å². The number of hydrogen-bond donors (Lipinski definition) is 3. The number of benzene rings is 1. The van der Waals surface area contributed by atoms with Crippen molar-refractivity contribution in [3.05, 3.63) is 47.7 Å². The number of H-pyrrole nitrogens is 1. The first-order chi connectivity index (χ1) is 10.0. The van der Waals surface area contributed by atoms with Gasteiger partial charge in [0.1, 0.15) is 6.61 Å². The first-order valence-corrected chi connectivity index (χ1v) is 7.72. The van der Waals surface area contributed by atoms with Crippen LogP contribution < -0.4 is 4.72 Å². The van der Waals surface area contributed by atoms with Gasteiger partial charge in [0.15, 0.2) is 5.03 Å². The molecule has 7 heteroatoms.